The standard InChI is InChI=1S/C20H14F4N2O/c21-12-1-4-17-14(9-12)15(10-25-17)11-5-7-26(8-6-11)20(27)13-2-3-16(22)19(24)18(13)23/h1-5,9-10,25H,6-8H2. The van der Waals surface area contributed by atoms with Crippen LogP contribution in [0.1, 0.15) is 22.3 Å². The number of amides is 1. The third kappa shape index (κ3) is 2.99. The number of carbonyl (C=O) groups is 1. The van der Waals surface area contributed by atoms with Gasteiger partial charge in [0.05, 0.1) is 5.56 Å². The summed E-state index contributed by atoms with van der Waals surface area (Å²) < 4.78 is 53.8. The van der Waals surface area contributed by atoms with E-state index in [0.29, 0.717) is 6.42 Å². The fourth-order valence-electron chi connectivity index (χ4n) is 3.32. The number of aromatic amines is 1. The van der Waals surface area contributed by atoms with Crippen LogP contribution in [0, 0.1) is 23.3 Å². The highest BCUT2D eigenvalue weighted by molar-refractivity contribution is 5.96. The lowest BCUT2D eigenvalue weighted by Gasteiger charge is -2.26. The fraction of sp³-hybridized carbons (Fsp3) is 0.150. The lowest BCUT2D eigenvalue weighted by molar-refractivity contribution is 0.0767. The summed E-state index contributed by atoms with van der Waals surface area (Å²) >= 11 is 0. The first-order valence-corrected chi connectivity index (χ1v) is 8.34. The van der Waals surface area contributed by atoms with Crippen LogP contribution < -0.4 is 0 Å². The molecule has 1 aliphatic rings. The molecule has 1 N–H and O–H groups in total. The molecule has 0 bridgehead atoms. The molecular formula is C20H14F4N2O. The molecule has 3 aromatic rings. The molecule has 1 aromatic heterocycles. The second-order valence-corrected chi connectivity index (χ2v) is 6.35. The van der Waals surface area contributed by atoms with Crippen LogP contribution in [0.5, 0.6) is 0 Å². The Labute approximate surface area is 151 Å². The first kappa shape index (κ1) is 17.3. The zero-order valence-corrected chi connectivity index (χ0v) is 14.0. The molecule has 3 nitrogen and oxygen atoms in total. The molecule has 0 radical (unpaired) electrons. The number of nitrogens with one attached hydrogen (secondary N) is 1. The number of H-pyrrole nitrogens is 1. The molecule has 0 atom stereocenters. The minimum atomic E-state index is -1.66. The summed E-state index contributed by atoms with van der Waals surface area (Å²) in [6.45, 7) is 0.472. The summed E-state index contributed by atoms with van der Waals surface area (Å²) in [5.41, 5.74) is 2.08. The Kier molecular flexibility index (Phi) is 4.22. The van der Waals surface area contributed by atoms with Gasteiger partial charge < -0.3 is 9.88 Å². The average molecular weight is 374 g/mol. The van der Waals surface area contributed by atoms with Gasteiger partial charge >= 0.3 is 0 Å². The average Bonchev–Trinajstić information content (AvgIpc) is 3.09. The molecule has 0 fully saturated rings. The van der Waals surface area contributed by atoms with Crippen LogP contribution in [0.3, 0.4) is 0 Å². The molecule has 0 aliphatic carbocycles. The highest BCUT2D eigenvalue weighted by atomic mass is 19.2. The van der Waals surface area contributed by atoms with Crippen LogP contribution in [0.4, 0.5) is 17.6 Å². The number of nitrogens with zero attached hydrogens (tertiary/aromatic N) is 1. The second kappa shape index (κ2) is 6.57. The number of hydrogen-bond donors (Lipinski definition) is 1. The van der Waals surface area contributed by atoms with Gasteiger partial charge in [-0.2, -0.15) is 0 Å². The van der Waals surface area contributed by atoms with E-state index in [1.807, 2.05) is 0 Å². The highest BCUT2D eigenvalue weighted by Gasteiger charge is 2.25. The van der Waals surface area contributed by atoms with Crippen LogP contribution in [0.15, 0.2) is 42.6 Å². The van der Waals surface area contributed by atoms with Crippen LogP contribution in [0.2, 0.25) is 0 Å². The Morgan fingerprint density at radius 2 is 1.85 bits per heavy atom. The molecule has 1 aliphatic heterocycles. The van der Waals surface area contributed by atoms with Crippen LogP contribution in [0.25, 0.3) is 16.5 Å². The fourth-order valence-corrected chi connectivity index (χ4v) is 3.32. The SMILES string of the molecule is O=C(c1ccc(F)c(F)c1F)N1CC=C(c2c[nH]c3ccc(F)cc23)CC1. The van der Waals surface area contributed by atoms with Crippen molar-refractivity contribution in [2.75, 3.05) is 13.1 Å². The predicted molar refractivity (Wildman–Crippen MR) is 93.1 cm³/mol. The van der Waals surface area contributed by atoms with Crippen molar-refractivity contribution in [2.24, 2.45) is 0 Å². The molecule has 27 heavy (non-hydrogen) atoms. The zero-order chi connectivity index (χ0) is 19.1. The zero-order valence-electron chi connectivity index (χ0n) is 14.0. The maximum Gasteiger partial charge on any atom is 0.257 e. The van der Waals surface area contributed by atoms with Crippen LogP contribution >= 0.6 is 0 Å². The maximum atomic E-state index is 13.9. The van der Waals surface area contributed by atoms with E-state index in [2.05, 4.69) is 4.98 Å². The Bertz CT molecular complexity index is 1090. The summed E-state index contributed by atoms with van der Waals surface area (Å²) in [5.74, 6) is -5.52. The lowest BCUT2D eigenvalue weighted by atomic mass is 9.98. The van der Waals surface area contributed by atoms with Crippen molar-refractivity contribution in [2.45, 2.75) is 6.42 Å². The van der Waals surface area contributed by atoms with E-state index >= 15 is 0 Å². The van der Waals surface area contributed by atoms with Gasteiger partial charge in [0.25, 0.3) is 5.91 Å². The van der Waals surface area contributed by atoms with Gasteiger partial charge in [0.2, 0.25) is 0 Å². The van der Waals surface area contributed by atoms with Crippen molar-refractivity contribution in [3.05, 3.63) is 77.0 Å². The van der Waals surface area contributed by atoms with E-state index in [1.165, 1.54) is 17.0 Å². The predicted octanol–water partition coefficient (Wildman–Crippen LogP) is 4.65. The van der Waals surface area contributed by atoms with Gasteiger partial charge in [-0.15, -0.1) is 0 Å². The third-order valence-electron chi connectivity index (χ3n) is 4.75. The van der Waals surface area contributed by atoms with E-state index < -0.39 is 28.9 Å². The minimum absolute atomic E-state index is 0.189. The maximum absolute atomic E-state index is 13.9. The van der Waals surface area contributed by atoms with Crippen LogP contribution in [-0.4, -0.2) is 28.9 Å². The number of benzene rings is 2. The number of hydrogen-bond acceptors (Lipinski definition) is 1. The number of carbonyl (C=O) groups excluding carboxylic acids is 1. The van der Waals surface area contributed by atoms with E-state index in [4.69, 9.17) is 0 Å². The molecule has 4 rings (SSSR count). The Morgan fingerprint density at radius 1 is 1.04 bits per heavy atom. The van der Waals surface area contributed by atoms with Gasteiger partial charge in [0.1, 0.15) is 5.82 Å². The molecule has 2 heterocycles. The van der Waals surface area contributed by atoms with Crippen molar-refractivity contribution < 1.29 is 22.4 Å². The summed E-state index contributed by atoms with van der Waals surface area (Å²) in [4.78, 5) is 16.9. The first-order chi connectivity index (χ1) is 13.0. The second-order valence-electron chi connectivity index (χ2n) is 6.35. The molecule has 0 saturated carbocycles. The van der Waals surface area contributed by atoms with Gasteiger partial charge in [-0.3, -0.25) is 4.79 Å². The van der Waals surface area contributed by atoms with Gasteiger partial charge in [0.15, 0.2) is 17.5 Å². The number of fused-ring (bicyclic) bond motifs is 1. The van der Waals surface area contributed by atoms with Crippen molar-refractivity contribution in [3.8, 4) is 0 Å². The van der Waals surface area contributed by atoms with E-state index in [-0.39, 0.29) is 18.9 Å². The molecule has 138 valence electrons. The molecular weight excluding hydrogens is 360 g/mol. The monoisotopic (exact) mass is 374 g/mol. The number of halogens is 4. The molecule has 2 aromatic carbocycles. The molecule has 0 saturated heterocycles. The van der Waals surface area contributed by atoms with Crippen molar-refractivity contribution in [1.82, 2.24) is 9.88 Å². The van der Waals surface area contributed by atoms with Gasteiger partial charge in [0, 0.05) is 35.8 Å². The topological polar surface area (TPSA) is 36.1 Å². The van der Waals surface area contributed by atoms with Gasteiger partial charge in [-0.05, 0) is 42.3 Å². The molecule has 0 unspecified atom stereocenters. The summed E-state index contributed by atoms with van der Waals surface area (Å²) in [6, 6.07) is 6.14. The lowest BCUT2D eigenvalue weighted by Crippen LogP contribution is -2.35. The van der Waals surface area contributed by atoms with Gasteiger partial charge in [-0.1, -0.05) is 6.08 Å². The molecule has 0 spiro atoms. The van der Waals surface area contributed by atoms with Crippen molar-refractivity contribution >= 4 is 22.4 Å². The molecule has 1 amide bonds. The quantitative estimate of drug-likeness (QED) is 0.514. The summed E-state index contributed by atoms with van der Waals surface area (Å²) in [6.07, 6.45) is 4.05. The largest absolute Gasteiger partial charge is 0.361 e. The smallest absolute Gasteiger partial charge is 0.257 e. The summed E-state index contributed by atoms with van der Waals surface area (Å²) in [7, 11) is 0. The van der Waals surface area contributed by atoms with E-state index in [1.54, 1.807) is 18.3 Å². The van der Waals surface area contributed by atoms with Crippen LogP contribution in [-0.2, 0) is 0 Å². The van der Waals surface area contributed by atoms with E-state index in [0.717, 1.165) is 34.2 Å². The Morgan fingerprint density at radius 3 is 2.59 bits per heavy atom. The normalized spacial score (nSPS) is 14.5. The van der Waals surface area contributed by atoms with Crippen molar-refractivity contribution in [1.29, 1.82) is 0 Å². The number of aromatic nitrogens is 1. The number of rotatable bonds is 2. The Balaban J connectivity index is 1.59. The Hall–Kier alpha value is -3.09. The first-order valence-electron chi connectivity index (χ1n) is 8.34. The van der Waals surface area contributed by atoms with E-state index in [9.17, 15) is 22.4 Å². The van der Waals surface area contributed by atoms with Gasteiger partial charge in [-0.25, -0.2) is 17.6 Å². The minimum Gasteiger partial charge on any atom is -0.361 e. The molecule has 7 heteroatoms. The highest BCUT2D eigenvalue weighted by Crippen LogP contribution is 2.30. The third-order valence-corrected chi connectivity index (χ3v) is 4.75. The summed E-state index contributed by atoms with van der Waals surface area (Å²) in [5, 5.41) is 0.743. The van der Waals surface area contributed by atoms with Crippen molar-refractivity contribution in [3.63, 3.8) is 0 Å².